The quantitative estimate of drug-likeness (QED) is 0.459. The smallest absolute Gasteiger partial charge is 0.243 e. The molecular weight excluding hydrogens is 506 g/mol. The average Bonchev–Trinajstić information content (AvgIpc) is 2.80. The first-order valence-corrected chi connectivity index (χ1v) is 14.0. The molecule has 1 aliphatic heterocycles. The summed E-state index contributed by atoms with van der Waals surface area (Å²) in [5.74, 6) is -0.0761. The Hall–Kier alpha value is -2.38. The summed E-state index contributed by atoms with van der Waals surface area (Å²) in [6, 6.07) is 12.2. The van der Waals surface area contributed by atoms with E-state index in [0.717, 1.165) is 10.6 Å². The van der Waals surface area contributed by atoms with Gasteiger partial charge in [0.15, 0.2) is 0 Å². The van der Waals surface area contributed by atoms with E-state index in [0.29, 0.717) is 37.1 Å². The molecule has 1 N–H and O–H groups in total. The zero-order valence-corrected chi connectivity index (χ0v) is 20.9. The van der Waals surface area contributed by atoms with Crippen LogP contribution < -0.4 is 14.4 Å². The number of hydrogen-bond donors (Lipinski definition) is 1. The third kappa shape index (κ3) is 7.06. The summed E-state index contributed by atoms with van der Waals surface area (Å²) in [4.78, 5) is 12.5. The molecule has 0 aliphatic carbocycles. The van der Waals surface area contributed by atoms with Gasteiger partial charge in [-0.25, -0.2) is 16.8 Å². The van der Waals surface area contributed by atoms with Gasteiger partial charge in [0, 0.05) is 18.1 Å². The van der Waals surface area contributed by atoms with Crippen molar-refractivity contribution < 1.29 is 31.1 Å². The highest BCUT2D eigenvalue weighted by Gasteiger charge is 2.26. The maximum atomic E-state index is 12.6. The molecule has 13 heteroatoms. The molecule has 0 aromatic heterocycles. The van der Waals surface area contributed by atoms with Crippen LogP contribution in [0.4, 0.5) is 5.69 Å². The van der Waals surface area contributed by atoms with Crippen molar-refractivity contribution in [3.05, 3.63) is 53.6 Å². The number of nitrogens with one attached hydrogen (secondary N) is 1. The van der Waals surface area contributed by atoms with Crippen LogP contribution in [-0.2, 0) is 29.6 Å². The lowest BCUT2D eigenvalue weighted by molar-refractivity contribution is -0.119. The first kappa shape index (κ1) is 26.2. The van der Waals surface area contributed by atoms with Gasteiger partial charge in [0.05, 0.1) is 36.6 Å². The minimum Gasteiger partial charge on any atom is -0.492 e. The van der Waals surface area contributed by atoms with E-state index in [1.54, 1.807) is 30.3 Å². The number of carbonyl (C=O) groups excluding carboxylic acids is 1. The fourth-order valence-electron chi connectivity index (χ4n) is 3.22. The summed E-state index contributed by atoms with van der Waals surface area (Å²) in [6.45, 7) is 1.19. The van der Waals surface area contributed by atoms with E-state index in [-0.39, 0.29) is 23.7 Å². The molecule has 0 spiro atoms. The lowest BCUT2D eigenvalue weighted by Gasteiger charge is -2.26. The maximum Gasteiger partial charge on any atom is 0.243 e. The van der Waals surface area contributed by atoms with Crippen LogP contribution in [0.1, 0.15) is 0 Å². The molecule has 0 saturated carbocycles. The van der Waals surface area contributed by atoms with Crippen LogP contribution in [0.25, 0.3) is 0 Å². The first-order chi connectivity index (χ1) is 16.1. The summed E-state index contributed by atoms with van der Waals surface area (Å²) in [5, 5.41) is 2.95. The average molecular weight is 532 g/mol. The van der Waals surface area contributed by atoms with Gasteiger partial charge >= 0.3 is 0 Å². The number of anilines is 1. The Morgan fingerprint density at radius 2 is 1.79 bits per heavy atom. The largest absolute Gasteiger partial charge is 0.492 e. The zero-order valence-electron chi connectivity index (χ0n) is 18.5. The number of nitrogens with zero attached hydrogens (tertiary/aromatic N) is 2. The van der Waals surface area contributed by atoms with Gasteiger partial charge in [-0.3, -0.25) is 9.10 Å². The van der Waals surface area contributed by atoms with Gasteiger partial charge < -0.3 is 14.8 Å². The Morgan fingerprint density at radius 3 is 2.41 bits per heavy atom. The van der Waals surface area contributed by atoms with Crippen molar-refractivity contribution >= 4 is 43.2 Å². The number of morpholine rings is 1. The van der Waals surface area contributed by atoms with Crippen molar-refractivity contribution in [2.45, 2.75) is 4.90 Å². The highest BCUT2D eigenvalue weighted by molar-refractivity contribution is 7.92. The van der Waals surface area contributed by atoms with E-state index < -0.39 is 32.5 Å². The second-order valence-corrected chi connectivity index (χ2v) is 11.7. The highest BCUT2D eigenvalue weighted by Crippen LogP contribution is 2.22. The minimum atomic E-state index is -3.70. The number of carbonyl (C=O) groups is 1. The molecule has 186 valence electrons. The topological polar surface area (TPSA) is 122 Å². The van der Waals surface area contributed by atoms with E-state index in [1.807, 2.05) is 0 Å². The van der Waals surface area contributed by atoms with E-state index in [9.17, 15) is 21.6 Å². The molecule has 1 fully saturated rings. The number of sulfonamides is 2. The van der Waals surface area contributed by atoms with Gasteiger partial charge in [0.2, 0.25) is 26.0 Å². The predicted molar refractivity (Wildman–Crippen MR) is 128 cm³/mol. The van der Waals surface area contributed by atoms with Crippen LogP contribution in [0.15, 0.2) is 53.4 Å². The lowest BCUT2D eigenvalue weighted by atomic mass is 10.3. The summed E-state index contributed by atoms with van der Waals surface area (Å²) >= 11 is 5.93. The van der Waals surface area contributed by atoms with Crippen LogP contribution in [-0.4, -0.2) is 79.3 Å². The molecule has 2 aromatic rings. The molecule has 0 unspecified atom stereocenters. The van der Waals surface area contributed by atoms with E-state index in [4.69, 9.17) is 21.1 Å². The summed E-state index contributed by atoms with van der Waals surface area (Å²) in [5.41, 5.74) is 0.286. The van der Waals surface area contributed by atoms with Crippen molar-refractivity contribution in [3.63, 3.8) is 0 Å². The second kappa shape index (κ2) is 11.4. The molecule has 3 rings (SSSR count). The van der Waals surface area contributed by atoms with Crippen LogP contribution in [0, 0.1) is 0 Å². The SMILES string of the molecule is CS(=O)(=O)N(CC(=O)NCCOc1ccc(S(=O)(=O)N2CCOCC2)cc1)c1cccc(Cl)c1. The molecular formula is C21H26ClN3O7S2. The highest BCUT2D eigenvalue weighted by atomic mass is 35.5. The molecule has 34 heavy (non-hydrogen) atoms. The van der Waals surface area contributed by atoms with Crippen molar-refractivity contribution in [3.8, 4) is 5.75 Å². The molecule has 1 saturated heterocycles. The van der Waals surface area contributed by atoms with E-state index in [1.165, 1.54) is 22.5 Å². The number of rotatable bonds is 10. The molecule has 1 amide bonds. The Labute approximate surface area is 204 Å². The van der Waals surface area contributed by atoms with Gasteiger partial charge in [-0.1, -0.05) is 17.7 Å². The Balaban J connectivity index is 1.49. The van der Waals surface area contributed by atoms with Gasteiger partial charge in [-0.15, -0.1) is 0 Å². The third-order valence-corrected chi connectivity index (χ3v) is 8.20. The second-order valence-electron chi connectivity index (χ2n) is 7.44. The molecule has 1 heterocycles. The standard InChI is InChI=1S/C21H26ClN3O7S2/c1-33(27,28)25(18-4-2-3-17(22)15-18)16-21(26)23-9-12-32-19-5-7-20(8-6-19)34(29,30)24-10-13-31-14-11-24/h2-8,15H,9-14,16H2,1H3,(H,23,26). The molecule has 2 aromatic carbocycles. The predicted octanol–water partition coefficient (Wildman–Crippen LogP) is 1.32. The molecule has 0 atom stereocenters. The van der Waals surface area contributed by atoms with E-state index >= 15 is 0 Å². The number of benzene rings is 2. The minimum absolute atomic E-state index is 0.108. The molecule has 1 aliphatic rings. The monoisotopic (exact) mass is 531 g/mol. The van der Waals surface area contributed by atoms with Gasteiger partial charge in [0.25, 0.3) is 0 Å². The van der Waals surface area contributed by atoms with Gasteiger partial charge in [0.1, 0.15) is 18.9 Å². The van der Waals surface area contributed by atoms with Crippen molar-refractivity contribution in [1.82, 2.24) is 9.62 Å². The van der Waals surface area contributed by atoms with Crippen LogP contribution in [0.5, 0.6) is 5.75 Å². The number of ether oxygens (including phenoxy) is 2. The Morgan fingerprint density at radius 1 is 1.12 bits per heavy atom. The zero-order chi connectivity index (χ0) is 24.8. The van der Waals surface area contributed by atoms with Crippen molar-refractivity contribution in [2.75, 3.05) is 56.6 Å². The Kier molecular flexibility index (Phi) is 8.77. The van der Waals surface area contributed by atoms with Gasteiger partial charge in [-0.05, 0) is 42.5 Å². The van der Waals surface area contributed by atoms with Crippen LogP contribution in [0.3, 0.4) is 0 Å². The molecule has 0 bridgehead atoms. The van der Waals surface area contributed by atoms with Crippen LogP contribution in [0.2, 0.25) is 5.02 Å². The normalized spacial score (nSPS) is 15.0. The van der Waals surface area contributed by atoms with Crippen LogP contribution >= 0.6 is 11.6 Å². The number of halogens is 1. The summed E-state index contributed by atoms with van der Waals surface area (Å²) in [7, 11) is -7.29. The van der Waals surface area contributed by atoms with E-state index in [2.05, 4.69) is 5.32 Å². The molecule has 0 radical (unpaired) electrons. The fourth-order valence-corrected chi connectivity index (χ4v) is 5.66. The molecule has 10 nitrogen and oxygen atoms in total. The fraction of sp³-hybridized carbons (Fsp3) is 0.381. The maximum absolute atomic E-state index is 12.6. The number of amides is 1. The Bertz CT molecular complexity index is 1200. The summed E-state index contributed by atoms with van der Waals surface area (Å²) < 4.78 is 62.6. The third-order valence-electron chi connectivity index (χ3n) is 4.91. The lowest BCUT2D eigenvalue weighted by Crippen LogP contribution is -2.41. The summed E-state index contributed by atoms with van der Waals surface area (Å²) in [6.07, 6.45) is 1.01. The van der Waals surface area contributed by atoms with Gasteiger partial charge in [-0.2, -0.15) is 4.31 Å². The number of hydrogen-bond acceptors (Lipinski definition) is 7. The van der Waals surface area contributed by atoms with Crippen molar-refractivity contribution in [2.24, 2.45) is 0 Å². The first-order valence-electron chi connectivity index (χ1n) is 10.4. The van der Waals surface area contributed by atoms with Crippen molar-refractivity contribution in [1.29, 1.82) is 0 Å².